The van der Waals surface area contributed by atoms with Crippen LogP contribution in [0.3, 0.4) is 0 Å². The fourth-order valence-electron chi connectivity index (χ4n) is 2.60. The summed E-state index contributed by atoms with van der Waals surface area (Å²) in [5.41, 5.74) is 0.424. The molecule has 0 aliphatic carbocycles. The van der Waals surface area contributed by atoms with Crippen molar-refractivity contribution in [2.75, 3.05) is 53.6 Å². The maximum atomic E-state index is 12.6. The van der Waals surface area contributed by atoms with E-state index in [4.69, 9.17) is 14.2 Å². The fourth-order valence-corrected chi connectivity index (χ4v) is 2.60. The molecule has 0 aliphatic rings. The molecular weight excluding hydrogens is 525 g/mol. The Morgan fingerprint density at radius 3 is 2.47 bits per heavy atom. The van der Waals surface area contributed by atoms with Gasteiger partial charge in [-0.25, -0.2) is 4.79 Å². The zero-order valence-corrected chi connectivity index (χ0v) is 22.4. The van der Waals surface area contributed by atoms with Gasteiger partial charge in [-0.15, -0.1) is 24.0 Å². The summed E-state index contributed by atoms with van der Waals surface area (Å²) in [5, 5.41) is 6.53. The smallest absolute Gasteiger partial charge is 0.410 e. The van der Waals surface area contributed by atoms with E-state index in [1.807, 2.05) is 32.9 Å². The van der Waals surface area contributed by atoms with Crippen LogP contribution in [0.15, 0.2) is 29.5 Å². The number of hydrogen-bond acceptors (Lipinski definition) is 6. The number of hydrogen-bond donors (Lipinski definition) is 2. The van der Waals surface area contributed by atoms with Crippen molar-refractivity contribution in [1.29, 1.82) is 0 Å². The van der Waals surface area contributed by atoms with Gasteiger partial charge in [0, 0.05) is 52.8 Å². The molecular formula is C22H40IN5O4. The number of carbonyl (C=O) groups is 1. The lowest BCUT2D eigenvalue weighted by molar-refractivity contribution is 0.0232. The molecule has 1 aromatic rings. The lowest BCUT2D eigenvalue weighted by Crippen LogP contribution is -2.41. The summed E-state index contributed by atoms with van der Waals surface area (Å²) in [6, 6.07) is 3.82. The van der Waals surface area contributed by atoms with E-state index >= 15 is 0 Å². The predicted octanol–water partition coefficient (Wildman–Crippen LogP) is 3.04. The van der Waals surface area contributed by atoms with Gasteiger partial charge in [0.05, 0.1) is 19.8 Å². The molecule has 0 atom stereocenters. The van der Waals surface area contributed by atoms with Crippen LogP contribution in [0, 0.1) is 0 Å². The number of aromatic nitrogens is 1. The SMILES string of the molecule is CN=C(NCCCOCCOC)NCCCN(Cc1cccnc1)C(=O)OC(C)(C)C.I. The van der Waals surface area contributed by atoms with Crippen LogP contribution in [0.1, 0.15) is 39.2 Å². The second kappa shape index (κ2) is 17.8. The molecule has 1 heterocycles. The molecule has 10 heteroatoms. The lowest BCUT2D eigenvalue weighted by Gasteiger charge is -2.27. The molecule has 0 spiro atoms. The summed E-state index contributed by atoms with van der Waals surface area (Å²) in [7, 11) is 3.39. The van der Waals surface area contributed by atoms with Gasteiger partial charge in [-0.3, -0.25) is 9.98 Å². The minimum Gasteiger partial charge on any atom is -0.444 e. The van der Waals surface area contributed by atoms with Crippen molar-refractivity contribution in [2.24, 2.45) is 4.99 Å². The van der Waals surface area contributed by atoms with Gasteiger partial charge < -0.3 is 29.7 Å². The number of carbonyl (C=O) groups excluding carboxylic acids is 1. The van der Waals surface area contributed by atoms with Crippen molar-refractivity contribution in [3.63, 3.8) is 0 Å². The predicted molar refractivity (Wildman–Crippen MR) is 138 cm³/mol. The molecule has 0 bridgehead atoms. The van der Waals surface area contributed by atoms with Crippen molar-refractivity contribution in [3.05, 3.63) is 30.1 Å². The second-order valence-electron chi connectivity index (χ2n) is 8.00. The van der Waals surface area contributed by atoms with Crippen molar-refractivity contribution < 1.29 is 19.0 Å². The van der Waals surface area contributed by atoms with Crippen LogP contribution in [-0.4, -0.2) is 81.2 Å². The van der Waals surface area contributed by atoms with Gasteiger partial charge >= 0.3 is 6.09 Å². The number of pyridine rings is 1. The summed E-state index contributed by atoms with van der Waals surface area (Å²) in [6.45, 7) is 9.95. The number of nitrogens with one attached hydrogen (secondary N) is 2. The van der Waals surface area contributed by atoms with Crippen LogP contribution in [0.2, 0.25) is 0 Å². The van der Waals surface area contributed by atoms with E-state index < -0.39 is 5.60 Å². The van der Waals surface area contributed by atoms with Crippen molar-refractivity contribution in [3.8, 4) is 0 Å². The number of nitrogens with zero attached hydrogens (tertiary/aromatic N) is 3. The third-order valence-electron chi connectivity index (χ3n) is 4.06. The molecule has 9 nitrogen and oxygen atoms in total. The molecule has 32 heavy (non-hydrogen) atoms. The molecule has 1 amide bonds. The van der Waals surface area contributed by atoms with Gasteiger partial charge in [-0.2, -0.15) is 0 Å². The molecule has 0 saturated heterocycles. The maximum Gasteiger partial charge on any atom is 0.410 e. The van der Waals surface area contributed by atoms with Crippen LogP contribution in [0.25, 0.3) is 0 Å². The lowest BCUT2D eigenvalue weighted by atomic mass is 10.2. The number of halogens is 1. The molecule has 0 aliphatic heterocycles. The zero-order chi connectivity index (χ0) is 23.0. The number of aliphatic imine (C=N–C) groups is 1. The van der Waals surface area contributed by atoms with E-state index in [0.717, 1.165) is 30.9 Å². The minimum absolute atomic E-state index is 0. The quantitative estimate of drug-likeness (QED) is 0.164. The number of ether oxygens (including phenoxy) is 3. The van der Waals surface area contributed by atoms with E-state index in [1.165, 1.54) is 0 Å². The first kappa shape index (κ1) is 30.3. The number of amides is 1. The first-order chi connectivity index (χ1) is 14.9. The molecule has 0 unspecified atom stereocenters. The summed E-state index contributed by atoms with van der Waals surface area (Å²) in [6.07, 6.45) is 4.78. The first-order valence-electron chi connectivity index (χ1n) is 10.7. The highest BCUT2D eigenvalue weighted by molar-refractivity contribution is 14.0. The third kappa shape index (κ3) is 15.2. The zero-order valence-electron chi connectivity index (χ0n) is 20.1. The highest BCUT2D eigenvalue weighted by Crippen LogP contribution is 2.12. The summed E-state index contributed by atoms with van der Waals surface area (Å²) in [5.74, 6) is 0.730. The average Bonchev–Trinajstić information content (AvgIpc) is 2.73. The summed E-state index contributed by atoms with van der Waals surface area (Å²) in [4.78, 5) is 22.7. The minimum atomic E-state index is -0.540. The number of methoxy groups -OCH3 is 1. The van der Waals surface area contributed by atoms with Crippen molar-refractivity contribution >= 4 is 36.0 Å². The molecule has 2 N–H and O–H groups in total. The maximum absolute atomic E-state index is 12.6. The van der Waals surface area contributed by atoms with Gasteiger partial charge in [0.15, 0.2) is 5.96 Å². The number of guanidine groups is 1. The Bertz CT molecular complexity index is 641. The molecule has 1 aromatic heterocycles. The Kier molecular flexibility index (Phi) is 16.9. The summed E-state index contributed by atoms with van der Waals surface area (Å²) < 4.78 is 15.9. The summed E-state index contributed by atoms with van der Waals surface area (Å²) >= 11 is 0. The van der Waals surface area contributed by atoms with Crippen LogP contribution >= 0.6 is 24.0 Å². The molecule has 0 fully saturated rings. The highest BCUT2D eigenvalue weighted by Gasteiger charge is 2.22. The normalized spacial score (nSPS) is 11.5. The van der Waals surface area contributed by atoms with Crippen molar-refractivity contribution in [2.45, 2.75) is 45.8 Å². The Morgan fingerprint density at radius 1 is 1.16 bits per heavy atom. The van der Waals surface area contributed by atoms with E-state index in [9.17, 15) is 4.79 Å². The van der Waals surface area contributed by atoms with Gasteiger partial charge in [-0.1, -0.05) is 6.07 Å². The Hall–Kier alpha value is -1.66. The van der Waals surface area contributed by atoms with Gasteiger partial charge in [0.1, 0.15) is 5.60 Å². The van der Waals surface area contributed by atoms with Crippen LogP contribution in [0.4, 0.5) is 4.79 Å². The van der Waals surface area contributed by atoms with Gasteiger partial charge in [-0.05, 0) is 45.2 Å². The molecule has 0 radical (unpaired) electrons. The van der Waals surface area contributed by atoms with E-state index in [1.54, 1.807) is 31.5 Å². The highest BCUT2D eigenvalue weighted by atomic mass is 127. The average molecular weight is 565 g/mol. The first-order valence-corrected chi connectivity index (χ1v) is 10.7. The fraction of sp³-hybridized carbons (Fsp3) is 0.682. The topological polar surface area (TPSA) is 97.3 Å². The van der Waals surface area contributed by atoms with Gasteiger partial charge in [0.25, 0.3) is 0 Å². The van der Waals surface area contributed by atoms with E-state index in [0.29, 0.717) is 39.5 Å². The molecule has 0 saturated carbocycles. The Morgan fingerprint density at radius 2 is 1.88 bits per heavy atom. The molecule has 0 aromatic carbocycles. The van der Waals surface area contributed by atoms with Crippen LogP contribution in [-0.2, 0) is 20.8 Å². The molecule has 184 valence electrons. The third-order valence-corrected chi connectivity index (χ3v) is 4.06. The largest absolute Gasteiger partial charge is 0.444 e. The van der Waals surface area contributed by atoms with Crippen LogP contribution in [0.5, 0.6) is 0 Å². The van der Waals surface area contributed by atoms with Gasteiger partial charge in [0.2, 0.25) is 0 Å². The standard InChI is InChI=1S/C22H39N5O4.HI/c1-22(2,3)31-21(28)27(18-19-9-6-10-24-17-19)13-7-11-25-20(23-4)26-12-8-14-30-16-15-29-5;/h6,9-10,17H,7-8,11-16,18H2,1-5H3,(H2,23,25,26);1H. The van der Waals surface area contributed by atoms with Crippen LogP contribution < -0.4 is 10.6 Å². The number of rotatable bonds is 13. The molecule has 1 rings (SSSR count). The second-order valence-corrected chi connectivity index (χ2v) is 8.00. The monoisotopic (exact) mass is 565 g/mol. The van der Waals surface area contributed by atoms with E-state index in [2.05, 4.69) is 20.6 Å². The Labute approximate surface area is 209 Å². The van der Waals surface area contributed by atoms with E-state index in [-0.39, 0.29) is 30.1 Å². The Balaban J connectivity index is 0.00000961. The van der Waals surface area contributed by atoms with Crippen molar-refractivity contribution in [1.82, 2.24) is 20.5 Å².